The number of carbonyl (C=O) groups excluding carboxylic acids is 2. The van der Waals surface area contributed by atoms with E-state index in [9.17, 15) is 9.59 Å². The number of hydrogen-bond donors (Lipinski definition) is 1. The van der Waals surface area contributed by atoms with Gasteiger partial charge in [0.25, 0.3) is 5.91 Å². The predicted octanol–water partition coefficient (Wildman–Crippen LogP) is 1.72. The van der Waals surface area contributed by atoms with Crippen molar-refractivity contribution in [2.75, 3.05) is 46.4 Å². The summed E-state index contributed by atoms with van der Waals surface area (Å²) in [6, 6.07) is 8.13. The fourth-order valence-electron chi connectivity index (χ4n) is 4.50. The van der Waals surface area contributed by atoms with Crippen molar-refractivity contribution in [3.63, 3.8) is 0 Å². The second-order valence-electron chi connectivity index (χ2n) is 8.27. The number of nitrogens with one attached hydrogen (secondary N) is 1. The van der Waals surface area contributed by atoms with Crippen LogP contribution >= 0.6 is 12.4 Å². The van der Waals surface area contributed by atoms with Crippen LogP contribution < -0.4 is 5.32 Å². The second-order valence-corrected chi connectivity index (χ2v) is 8.27. The number of ether oxygens (including phenoxy) is 1. The first kappa shape index (κ1) is 21.1. The number of carbonyl (C=O) groups is 2. The van der Waals surface area contributed by atoms with E-state index in [1.807, 2.05) is 24.1 Å². The molecule has 0 aromatic heterocycles. The summed E-state index contributed by atoms with van der Waals surface area (Å²) in [5, 5.41) is 3.40. The van der Waals surface area contributed by atoms with Crippen LogP contribution in [0.3, 0.4) is 0 Å². The molecule has 4 rings (SSSR count). The Morgan fingerprint density at radius 3 is 2.57 bits per heavy atom. The Labute approximate surface area is 173 Å². The molecule has 1 aromatic carbocycles. The Kier molecular flexibility index (Phi) is 6.63. The molecule has 3 heterocycles. The average Bonchev–Trinajstić information content (AvgIpc) is 3.19. The summed E-state index contributed by atoms with van der Waals surface area (Å²) in [4.78, 5) is 28.2. The van der Waals surface area contributed by atoms with Gasteiger partial charge in [0, 0.05) is 32.2 Å². The van der Waals surface area contributed by atoms with Crippen molar-refractivity contribution in [1.82, 2.24) is 15.1 Å². The van der Waals surface area contributed by atoms with Crippen molar-refractivity contribution >= 4 is 24.2 Å². The van der Waals surface area contributed by atoms with Gasteiger partial charge in [0.2, 0.25) is 5.91 Å². The Morgan fingerprint density at radius 1 is 1.25 bits per heavy atom. The summed E-state index contributed by atoms with van der Waals surface area (Å²) in [6.45, 7) is 4.35. The largest absolute Gasteiger partial charge is 0.363 e. The average molecular weight is 408 g/mol. The molecule has 7 heteroatoms. The normalized spacial score (nSPS) is 24.3. The first-order valence-corrected chi connectivity index (χ1v) is 10.0. The van der Waals surface area contributed by atoms with Gasteiger partial charge in [0.05, 0.1) is 5.60 Å². The first-order valence-electron chi connectivity index (χ1n) is 10.0. The van der Waals surface area contributed by atoms with Crippen LogP contribution in [0.1, 0.15) is 35.2 Å². The molecule has 1 aromatic rings. The minimum absolute atomic E-state index is 0. The highest BCUT2D eigenvalue weighted by atomic mass is 35.5. The van der Waals surface area contributed by atoms with E-state index in [0.717, 1.165) is 37.9 Å². The van der Waals surface area contributed by atoms with E-state index in [2.05, 4.69) is 17.4 Å². The molecule has 0 radical (unpaired) electrons. The summed E-state index contributed by atoms with van der Waals surface area (Å²) in [6.07, 6.45) is 3.88. The zero-order chi connectivity index (χ0) is 18.9. The van der Waals surface area contributed by atoms with Crippen LogP contribution in [-0.4, -0.2) is 73.6 Å². The number of likely N-dealkylation sites (tertiary alicyclic amines) is 1. The van der Waals surface area contributed by atoms with Crippen LogP contribution in [0.2, 0.25) is 0 Å². The zero-order valence-corrected chi connectivity index (χ0v) is 17.3. The Morgan fingerprint density at radius 2 is 1.96 bits per heavy atom. The van der Waals surface area contributed by atoms with Crippen LogP contribution in [0.25, 0.3) is 0 Å². The molecule has 6 nitrogen and oxygen atoms in total. The van der Waals surface area contributed by atoms with E-state index in [0.29, 0.717) is 25.6 Å². The summed E-state index contributed by atoms with van der Waals surface area (Å²) in [7, 11) is 1.83. The van der Waals surface area contributed by atoms with Crippen LogP contribution in [0.15, 0.2) is 24.3 Å². The van der Waals surface area contributed by atoms with Gasteiger partial charge < -0.3 is 19.9 Å². The summed E-state index contributed by atoms with van der Waals surface area (Å²) < 4.78 is 5.87. The number of piperidine rings is 1. The maximum Gasteiger partial charge on any atom is 0.253 e. The first-order chi connectivity index (χ1) is 13.0. The molecule has 3 aliphatic heterocycles. The third kappa shape index (κ3) is 4.50. The van der Waals surface area contributed by atoms with E-state index in [4.69, 9.17) is 4.74 Å². The van der Waals surface area contributed by atoms with E-state index in [1.165, 1.54) is 12.0 Å². The lowest BCUT2D eigenvalue weighted by Crippen LogP contribution is -2.58. The van der Waals surface area contributed by atoms with E-state index in [1.54, 1.807) is 4.90 Å². The number of benzene rings is 1. The number of rotatable bonds is 3. The lowest BCUT2D eigenvalue weighted by molar-refractivity contribution is -0.167. The Bertz CT molecular complexity index is 695. The lowest BCUT2D eigenvalue weighted by Gasteiger charge is -2.46. The molecule has 1 atom stereocenters. The van der Waals surface area contributed by atoms with Gasteiger partial charge in [0.15, 0.2) is 0 Å². The van der Waals surface area contributed by atoms with Crippen molar-refractivity contribution in [3.8, 4) is 0 Å². The van der Waals surface area contributed by atoms with E-state index >= 15 is 0 Å². The third-order valence-corrected chi connectivity index (χ3v) is 6.30. The SMILES string of the molecule is CN1CC2(CCN(C(=O)c3ccc(CC4CCNC4)cc3)CC2)OCC1=O.Cl. The molecule has 0 bridgehead atoms. The molecule has 1 N–H and O–H groups in total. The maximum atomic E-state index is 12.9. The zero-order valence-electron chi connectivity index (χ0n) is 16.5. The van der Waals surface area contributed by atoms with Gasteiger partial charge >= 0.3 is 0 Å². The molecular weight excluding hydrogens is 378 g/mol. The molecular formula is C21H30ClN3O3. The van der Waals surface area contributed by atoms with Crippen LogP contribution in [0.4, 0.5) is 0 Å². The van der Waals surface area contributed by atoms with E-state index < -0.39 is 0 Å². The van der Waals surface area contributed by atoms with Crippen LogP contribution in [-0.2, 0) is 16.0 Å². The van der Waals surface area contributed by atoms with Crippen molar-refractivity contribution in [1.29, 1.82) is 0 Å². The highest BCUT2D eigenvalue weighted by molar-refractivity contribution is 5.94. The monoisotopic (exact) mass is 407 g/mol. The fourth-order valence-corrected chi connectivity index (χ4v) is 4.50. The standard InChI is InChI=1S/C21H29N3O3.ClH/c1-23-15-21(27-14-19(23)25)7-10-24(11-8-21)20(26)18-4-2-16(3-5-18)12-17-6-9-22-13-17;/h2-5,17,22H,6-15H2,1H3;1H. The Balaban J connectivity index is 0.00000225. The molecule has 0 aliphatic carbocycles. The number of morpholine rings is 1. The lowest BCUT2D eigenvalue weighted by atomic mass is 9.89. The molecule has 1 spiro atoms. The van der Waals surface area contributed by atoms with Crippen LogP contribution in [0.5, 0.6) is 0 Å². The van der Waals surface area contributed by atoms with E-state index in [-0.39, 0.29) is 36.4 Å². The summed E-state index contributed by atoms with van der Waals surface area (Å²) >= 11 is 0. The topological polar surface area (TPSA) is 61.9 Å². The van der Waals surface area contributed by atoms with Crippen molar-refractivity contribution in [2.45, 2.75) is 31.3 Å². The molecule has 2 amide bonds. The minimum atomic E-state index is -0.279. The van der Waals surface area contributed by atoms with Crippen molar-refractivity contribution in [2.24, 2.45) is 5.92 Å². The van der Waals surface area contributed by atoms with Gasteiger partial charge in [-0.1, -0.05) is 12.1 Å². The molecule has 3 fully saturated rings. The van der Waals surface area contributed by atoms with Crippen LogP contribution in [0, 0.1) is 5.92 Å². The fraction of sp³-hybridized carbons (Fsp3) is 0.619. The van der Waals surface area contributed by atoms with Gasteiger partial charge in [0.1, 0.15) is 6.61 Å². The Hall–Kier alpha value is -1.63. The van der Waals surface area contributed by atoms with Gasteiger partial charge in [-0.25, -0.2) is 0 Å². The third-order valence-electron chi connectivity index (χ3n) is 6.30. The van der Waals surface area contributed by atoms with Gasteiger partial charge in [-0.2, -0.15) is 0 Å². The van der Waals surface area contributed by atoms with Crippen molar-refractivity contribution in [3.05, 3.63) is 35.4 Å². The molecule has 3 aliphatic rings. The molecule has 3 saturated heterocycles. The predicted molar refractivity (Wildman–Crippen MR) is 110 cm³/mol. The van der Waals surface area contributed by atoms with Gasteiger partial charge in [-0.05, 0) is 62.4 Å². The number of amides is 2. The molecule has 1 unspecified atom stereocenters. The number of nitrogens with zero attached hydrogens (tertiary/aromatic N) is 2. The summed E-state index contributed by atoms with van der Waals surface area (Å²) in [5.74, 6) is 0.845. The number of likely N-dealkylation sites (N-methyl/N-ethyl adjacent to an activating group) is 1. The molecule has 28 heavy (non-hydrogen) atoms. The van der Waals surface area contributed by atoms with Crippen molar-refractivity contribution < 1.29 is 14.3 Å². The maximum absolute atomic E-state index is 12.9. The minimum Gasteiger partial charge on any atom is -0.363 e. The summed E-state index contributed by atoms with van der Waals surface area (Å²) in [5.41, 5.74) is 1.79. The molecule has 0 saturated carbocycles. The van der Waals surface area contributed by atoms with Gasteiger partial charge in [-0.15, -0.1) is 12.4 Å². The number of hydrogen-bond acceptors (Lipinski definition) is 4. The number of halogens is 1. The smallest absolute Gasteiger partial charge is 0.253 e. The second kappa shape index (κ2) is 8.80. The molecule has 154 valence electrons. The highest BCUT2D eigenvalue weighted by Gasteiger charge is 2.42. The highest BCUT2D eigenvalue weighted by Crippen LogP contribution is 2.30. The van der Waals surface area contributed by atoms with Gasteiger partial charge in [-0.3, -0.25) is 9.59 Å². The quantitative estimate of drug-likeness (QED) is 0.828.